The van der Waals surface area contributed by atoms with Gasteiger partial charge in [-0.2, -0.15) is 0 Å². The highest BCUT2D eigenvalue weighted by Crippen LogP contribution is 2.43. The predicted molar refractivity (Wildman–Crippen MR) is 106 cm³/mol. The summed E-state index contributed by atoms with van der Waals surface area (Å²) in [6.45, 7) is 1.46. The lowest BCUT2D eigenvalue weighted by Crippen LogP contribution is -2.40. The number of hydrogen-bond donors (Lipinski definition) is 1. The molecule has 1 amide bonds. The minimum atomic E-state index is -3.93. The van der Waals surface area contributed by atoms with Gasteiger partial charge < -0.3 is 5.32 Å². The van der Waals surface area contributed by atoms with Crippen LogP contribution in [-0.4, -0.2) is 20.9 Å². The summed E-state index contributed by atoms with van der Waals surface area (Å²) in [4.78, 5) is 12.7. The molecule has 0 unspecified atom stereocenters. The topological polar surface area (TPSA) is 66.5 Å². The molecular formula is C21H17FN2O3S. The SMILES string of the molecule is Cc1ccc2c(c1)-c1ccccc1S(=O)(=O)N2CC(=O)Nc1ccccc1F. The number of carbonyl (C=O) groups excluding carboxylic acids is 1. The molecule has 0 fully saturated rings. The first-order valence-corrected chi connectivity index (χ1v) is 10.1. The zero-order chi connectivity index (χ0) is 19.9. The molecular weight excluding hydrogens is 379 g/mol. The molecule has 1 aliphatic rings. The lowest BCUT2D eigenvalue weighted by molar-refractivity contribution is -0.114. The second-order valence-corrected chi connectivity index (χ2v) is 8.39. The van der Waals surface area contributed by atoms with Gasteiger partial charge >= 0.3 is 0 Å². The van der Waals surface area contributed by atoms with Crippen LogP contribution < -0.4 is 9.62 Å². The average molecular weight is 396 g/mol. The van der Waals surface area contributed by atoms with Crippen LogP contribution in [0, 0.1) is 12.7 Å². The lowest BCUT2D eigenvalue weighted by atomic mass is 10.0. The van der Waals surface area contributed by atoms with Gasteiger partial charge in [0.25, 0.3) is 10.0 Å². The Morgan fingerprint density at radius 2 is 1.71 bits per heavy atom. The van der Waals surface area contributed by atoms with Crippen LogP contribution in [0.3, 0.4) is 0 Å². The van der Waals surface area contributed by atoms with Crippen molar-refractivity contribution in [2.45, 2.75) is 11.8 Å². The van der Waals surface area contributed by atoms with Crippen molar-refractivity contribution in [1.29, 1.82) is 0 Å². The number of para-hydroxylation sites is 1. The van der Waals surface area contributed by atoms with Gasteiger partial charge in [-0.25, -0.2) is 12.8 Å². The van der Waals surface area contributed by atoms with Crippen LogP contribution >= 0.6 is 0 Å². The van der Waals surface area contributed by atoms with Gasteiger partial charge in [0, 0.05) is 11.1 Å². The van der Waals surface area contributed by atoms with E-state index in [9.17, 15) is 17.6 Å². The Morgan fingerprint density at radius 1 is 1.00 bits per heavy atom. The van der Waals surface area contributed by atoms with E-state index in [1.165, 1.54) is 24.3 Å². The number of fused-ring (bicyclic) bond motifs is 3. The van der Waals surface area contributed by atoms with Gasteiger partial charge in [0.1, 0.15) is 12.4 Å². The van der Waals surface area contributed by atoms with Gasteiger partial charge in [0.15, 0.2) is 0 Å². The number of benzene rings is 3. The molecule has 28 heavy (non-hydrogen) atoms. The fraction of sp³-hybridized carbons (Fsp3) is 0.0952. The number of nitrogens with zero attached hydrogens (tertiary/aromatic N) is 1. The van der Waals surface area contributed by atoms with Crippen molar-refractivity contribution in [2.24, 2.45) is 0 Å². The molecule has 5 nitrogen and oxygen atoms in total. The quantitative estimate of drug-likeness (QED) is 0.729. The van der Waals surface area contributed by atoms with E-state index in [4.69, 9.17) is 0 Å². The zero-order valence-corrected chi connectivity index (χ0v) is 15.8. The summed E-state index contributed by atoms with van der Waals surface area (Å²) in [6.07, 6.45) is 0. The normalized spacial score (nSPS) is 14.1. The molecule has 0 aliphatic carbocycles. The van der Waals surface area contributed by atoms with Crippen molar-refractivity contribution < 1.29 is 17.6 Å². The molecule has 0 bridgehead atoms. The Balaban J connectivity index is 1.75. The summed E-state index contributed by atoms with van der Waals surface area (Å²) >= 11 is 0. The number of aryl methyl sites for hydroxylation is 1. The van der Waals surface area contributed by atoms with E-state index in [0.29, 0.717) is 11.3 Å². The number of anilines is 2. The highest BCUT2D eigenvalue weighted by atomic mass is 32.2. The largest absolute Gasteiger partial charge is 0.322 e. The summed E-state index contributed by atoms with van der Waals surface area (Å²) in [5.41, 5.74) is 2.75. The first kappa shape index (κ1) is 18.2. The van der Waals surface area contributed by atoms with E-state index in [2.05, 4.69) is 5.32 Å². The second kappa shape index (κ2) is 6.76. The van der Waals surface area contributed by atoms with Crippen molar-refractivity contribution >= 4 is 27.3 Å². The van der Waals surface area contributed by atoms with Crippen LogP contribution in [0.1, 0.15) is 5.56 Å². The first-order chi connectivity index (χ1) is 13.4. The van der Waals surface area contributed by atoms with Crippen LogP contribution in [0.15, 0.2) is 71.6 Å². The molecule has 0 spiro atoms. The third kappa shape index (κ3) is 3.03. The van der Waals surface area contributed by atoms with Gasteiger partial charge in [-0.3, -0.25) is 9.10 Å². The van der Waals surface area contributed by atoms with Crippen LogP contribution in [0.4, 0.5) is 15.8 Å². The minimum Gasteiger partial charge on any atom is -0.322 e. The van der Waals surface area contributed by atoms with E-state index in [-0.39, 0.29) is 10.6 Å². The van der Waals surface area contributed by atoms with Crippen molar-refractivity contribution in [3.8, 4) is 11.1 Å². The molecule has 1 aliphatic heterocycles. The molecule has 0 saturated heterocycles. The number of amides is 1. The smallest absolute Gasteiger partial charge is 0.265 e. The standard InChI is InChI=1S/C21H17FN2O3S/c1-14-10-11-19-16(12-14)15-6-2-5-9-20(15)28(26,27)24(19)13-21(25)23-18-8-4-3-7-17(18)22/h2-12H,13H2,1H3,(H,23,25). The summed E-state index contributed by atoms with van der Waals surface area (Å²) in [6, 6.07) is 17.8. The van der Waals surface area contributed by atoms with E-state index in [1.807, 2.05) is 13.0 Å². The van der Waals surface area contributed by atoms with Crippen molar-refractivity contribution in [3.63, 3.8) is 0 Å². The van der Waals surface area contributed by atoms with Gasteiger partial charge in [-0.1, -0.05) is 42.0 Å². The van der Waals surface area contributed by atoms with Crippen molar-refractivity contribution in [1.82, 2.24) is 0 Å². The third-order valence-corrected chi connectivity index (χ3v) is 6.42. The molecule has 0 aromatic heterocycles. The molecule has 3 aromatic rings. The number of halogens is 1. The summed E-state index contributed by atoms with van der Waals surface area (Å²) in [5.74, 6) is -1.21. The maximum atomic E-state index is 13.8. The predicted octanol–water partition coefficient (Wildman–Crippen LogP) is 3.95. The molecule has 7 heteroatoms. The van der Waals surface area contributed by atoms with Crippen LogP contribution in [0.25, 0.3) is 11.1 Å². The summed E-state index contributed by atoms with van der Waals surface area (Å²) < 4.78 is 41.2. The van der Waals surface area contributed by atoms with Gasteiger partial charge in [0.05, 0.1) is 16.3 Å². The fourth-order valence-corrected chi connectivity index (χ4v) is 4.95. The van der Waals surface area contributed by atoms with E-state index in [1.54, 1.807) is 36.4 Å². The Hall–Kier alpha value is -3.19. The number of sulfonamides is 1. The molecule has 0 radical (unpaired) electrons. The van der Waals surface area contributed by atoms with E-state index in [0.717, 1.165) is 15.4 Å². The van der Waals surface area contributed by atoms with Crippen LogP contribution in [-0.2, 0) is 14.8 Å². The molecule has 1 N–H and O–H groups in total. The Labute approximate surface area is 162 Å². The van der Waals surface area contributed by atoms with E-state index >= 15 is 0 Å². The second-order valence-electron chi connectivity index (χ2n) is 6.56. The molecule has 3 aromatic carbocycles. The molecule has 4 rings (SSSR count). The average Bonchev–Trinajstić information content (AvgIpc) is 2.67. The molecule has 142 valence electrons. The molecule has 0 saturated carbocycles. The minimum absolute atomic E-state index is 0.00596. The number of rotatable bonds is 3. The van der Waals surface area contributed by atoms with Gasteiger partial charge in [-0.05, 0) is 37.3 Å². The maximum absolute atomic E-state index is 13.8. The highest BCUT2D eigenvalue weighted by Gasteiger charge is 2.35. The van der Waals surface area contributed by atoms with Gasteiger partial charge in [-0.15, -0.1) is 0 Å². The summed E-state index contributed by atoms with van der Waals surface area (Å²) in [7, 11) is -3.93. The Kier molecular flexibility index (Phi) is 4.39. The highest BCUT2D eigenvalue weighted by molar-refractivity contribution is 7.93. The third-order valence-electron chi connectivity index (χ3n) is 4.60. The number of carbonyl (C=O) groups is 1. The van der Waals surface area contributed by atoms with E-state index < -0.39 is 28.3 Å². The Bertz CT molecular complexity index is 1190. The van der Waals surface area contributed by atoms with Crippen molar-refractivity contribution in [3.05, 3.63) is 78.1 Å². The molecule has 1 heterocycles. The van der Waals surface area contributed by atoms with Gasteiger partial charge in [0.2, 0.25) is 5.91 Å². The monoisotopic (exact) mass is 396 g/mol. The molecule has 0 atom stereocenters. The zero-order valence-electron chi connectivity index (χ0n) is 15.0. The van der Waals surface area contributed by atoms with Crippen molar-refractivity contribution in [2.75, 3.05) is 16.2 Å². The van der Waals surface area contributed by atoms with Crippen LogP contribution in [0.5, 0.6) is 0 Å². The maximum Gasteiger partial charge on any atom is 0.265 e. The summed E-state index contributed by atoms with van der Waals surface area (Å²) in [5, 5.41) is 2.44. The number of hydrogen-bond acceptors (Lipinski definition) is 3. The van der Waals surface area contributed by atoms with Crippen LogP contribution in [0.2, 0.25) is 0 Å². The Morgan fingerprint density at radius 3 is 2.50 bits per heavy atom. The lowest BCUT2D eigenvalue weighted by Gasteiger charge is -2.31. The first-order valence-electron chi connectivity index (χ1n) is 8.65. The number of nitrogens with one attached hydrogen (secondary N) is 1. The fourth-order valence-electron chi connectivity index (χ4n) is 3.30.